The van der Waals surface area contributed by atoms with Crippen molar-refractivity contribution in [1.82, 2.24) is 5.32 Å². The van der Waals surface area contributed by atoms with Gasteiger partial charge in [0.25, 0.3) is 0 Å². The zero-order valence-corrected chi connectivity index (χ0v) is 14.9. The maximum absolute atomic E-state index is 3.76. The lowest BCUT2D eigenvalue weighted by molar-refractivity contribution is 0.119. The lowest BCUT2D eigenvalue weighted by atomic mass is 9.57. The van der Waals surface area contributed by atoms with Crippen LogP contribution in [0.5, 0.6) is 0 Å². The second-order valence-electron chi connectivity index (χ2n) is 7.43. The van der Waals surface area contributed by atoms with Crippen LogP contribution in [0.25, 0.3) is 0 Å². The fourth-order valence-corrected chi connectivity index (χ4v) is 4.15. The van der Waals surface area contributed by atoms with Crippen LogP contribution < -0.4 is 5.32 Å². The first-order valence-electron chi connectivity index (χ1n) is 7.86. The van der Waals surface area contributed by atoms with Crippen LogP contribution in [0, 0.1) is 5.92 Å². The number of hydrogen-bond acceptors (Lipinski definition) is 1. The zero-order chi connectivity index (χ0) is 14.8. The molecule has 2 rings (SSSR count). The van der Waals surface area contributed by atoms with Crippen molar-refractivity contribution in [3.63, 3.8) is 0 Å². The van der Waals surface area contributed by atoms with Gasteiger partial charge in [0, 0.05) is 22.0 Å². The molecule has 1 aliphatic rings. The lowest BCUT2D eigenvalue weighted by Gasteiger charge is -2.50. The Labute approximate surface area is 132 Å². The van der Waals surface area contributed by atoms with Gasteiger partial charge in [0.15, 0.2) is 0 Å². The second-order valence-corrected chi connectivity index (χ2v) is 8.28. The first-order chi connectivity index (χ1) is 9.36. The van der Waals surface area contributed by atoms with Crippen LogP contribution >= 0.6 is 15.9 Å². The van der Waals surface area contributed by atoms with E-state index in [2.05, 4.69) is 73.2 Å². The number of rotatable bonds is 5. The topological polar surface area (TPSA) is 12.0 Å². The van der Waals surface area contributed by atoms with E-state index < -0.39 is 0 Å². The molecule has 0 unspecified atom stereocenters. The quantitative estimate of drug-likeness (QED) is 0.770. The number of halogens is 1. The van der Waals surface area contributed by atoms with Crippen LogP contribution in [0.4, 0.5) is 0 Å². The molecular formula is C18H28BrN. The van der Waals surface area contributed by atoms with E-state index in [1.54, 1.807) is 0 Å². The molecule has 1 aliphatic carbocycles. The fourth-order valence-electron chi connectivity index (χ4n) is 3.44. The SMILES string of the molecule is CCCC1CC(CNC(C)(C)C)(c2ccccc2Br)C1. The highest BCUT2D eigenvalue weighted by atomic mass is 79.9. The molecule has 0 atom stereocenters. The average molecular weight is 338 g/mol. The number of benzene rings is 1. The molecule has 0 radical (unpaired) electrons. The Morgan fingerprint density at radius 1 is 1.25 bits per heavy atom. The molecule has 0 spiro atoms. The molecule has 0 aromatic heterocycles. The van der Waals surface area contributed by atoms with E-state index in [0.717, 1.165) is 12.5 Å². The van der Waals surface area contributed by atoms with Gasteiger partial charge in [0.1, 0.15) is 0 Å². The third-order valence-corrected chi connectivity index (χ3v) is 5.15. The van der Waals surface area contributed by atoms with E-state index in [9.17, 15) is 0 Å². The lowest BCUT2D eigenvalue weighted by Crippen LogP contribution is -2.52. The maximum Gasteiger partial charge on any atom is 0.0213 e. The summed E-state index contributed by atoms with van der Waals surface area (Å²) in [4.78, 5) is 0. The highest BCUT2D eigenvalue weighted by Gasteiger charge is 2.45. The predicted molar refractivity (Wildman–Crippen MR) is 91.2 cm³/mol. The molecular weight excluding hydrogens is 310 g/mol. The van der Waals surface area contributed by atoms with Gasteiger partial charge in [-0.15, -0.1) is 0 Å². The first-order valence-corrected chi connectivity index (χ1v) is 8.66. The highest BCUT2D eigenvalue weighted by Crippen LogP contribution is 2.51. The number of hydrogen-bond donors (Lipinski definition) is 1. The minimum absolute atomic E-state index is 0.185. The largest absolute Gasteiger partial charge is 0.311 e. The Kier molecular flexibility index (Phi) is 4.96. The van der Waals surface area contributed by atoms with Crippen LogP contribution in [0.1, 0.15) is 58.9 Å². The molecule has 0 amide bonds. The molecule has 0 aliphatic heterocycles. The van der Waals surface area contributed by atoms with Gasteiger partial charge < -0.3 is 5.32 Å². The Morgan fingerprint density at radius 3 is 2.45 bits per heavy atom. The van der Waals surface area contributed by atoms with E-state index in [4.69, 9.17) is 0 Å². The summed E-state index contributed by atoms with van der Waals surface area (Å²) in [5.41, 5.74) is 2.00. The van der Waals surface area contributed by atoms with Gasteiger partial charge in [-0.3, -0.25) is 0 Å². The summed E-state index contributed by atoms with van der Waals surface area (Å²) in [6.45, 7) is 10.1. The highest BCUT2D eigenvalue weighted by molar-refractivity contribution is 9.10. The Balaban J connectivity index is 2.16. The summed E-state index contributed by atoms with van der Waals surface area (Å²) in [7, 11) is 0. The minimum Gasteiger partial charge on any atom is -0.311 e. The van der Waals surface area contributed by atoms with Gasteiger partial charge in [-0.25, -0.2) is 0 Å². The van der Waals surface area contributed by atoms with Gasteiger partial charge >= 0.3 is 0 Å². The average Bonchev–Trinajstić information content (AvgIpc) is 2.32. The molecule has 2 heteroatoms. The summed E-state index contributed by atoms with van der Waals surface area (Å²) in [5.74, 6) is 0.911. The summed E-state index contributed by atoms with van der Waals surface area (Å²) < 4.78 is 1.27. The molecule has 0 bridgehead atoms. The van der Waals surface area contributed by atoms with Crippen molar-refractivity contribution in [2.75, 3.05) is 6.54 Å². The smallest absolute Gasteiger partial charge is 0.0213 e. The van der Waals surface area contributed by atoms with Crippen LogP contribution in [0.15, 0.2) is 28.7 Å². The number of nitrogens with one attached hydrogen (secondary N) is 1. The van der Waals surface area contributed by atoms with Crippen LogP contribution in [0.3, 0.4) is 0 Å². The molecule has 1 aromatic carbocycles. The zero-order valence-electron chi connectivity index (χ0n) is 13.3. The monoisotopic (exact) mass is 337 g/mol. The van der Waals surface area contributed by atoms with E-state index in [1.807, 2.05) is 0 Å². The van der Waals surface area contributed by atoms with Gasteiger partial charge in [0.05, 0.1) is 0 Å². The molecule has 0 heterocycles. The van der Waals surface area contributed by atoms with Crippen molar-refractivity contribution >= 4 is 15.9 Å². The summed E-state index contributed by atoms with van der Waals surface area (Å²) in [6, 6.07) is 8.77. The standard InChI is InChI=1S/C18H28BrN/c1-5-8-14-11-18(12-14,13-20-17(2,3)4)15-9-6-7-10-16(15)19/h6-7,9-10,14,20H,5,8,11-13H2,1-4H3. The molecule has 20 heavy (non-hydrogen) atoms. The van der Waals surface area contributed by atoms with Gasteiger partial charge in [-0.2, -0.15) is 0 Å². The molecule has 1 N–H and O–H groups in total. The van der Waals surface area contributed by atoms with E-state index in [-0.39, 0.29) is 5.54 Å². The van der Waals surface area contributed by atoms with Gasteiger partial charge in [-0.1, -0.05) is 53.9 Å². The fraction of sp³-hybridized carbons (Fsp3) is 0.667. The van der Waals surface area contributed by atoms with Gasteiger partial charge in [0.2, 0.25) is 0 Å². The Morgan fingerprint density at radius 2 is 1.90 bits per heavy atom. The molecule has 1 fully saturated rings. The molecule has 1 saturated carbocycles. The van der Waals surface area contributed by atoms with E-state index in [0.29, 0.717) is 5.41 Å². The Hall–Kier alpha value is -0.340. The van der Waals surface area contributed by atoms with Crippen LogP contribution in [-0.4, -0.2) is 12.1 Å². The van der Waals surface area contributed by atoms with E-state index >= 15 is 0 Å². The van der Waals surface area contributed by atoms with Crippen molar-refractivity contribution in [2.24, 2.45) is 5.92 Å². The summed E-state index contributed by atoms with van der Waals surface area (Å²) in [5, 5.41) is 3.73. The van der Waals surface area contributed by atoms with Crippen LogP contribution in [-0.2, 0) is 5.41 Å². The second kappa shape index (κ2) is 6.19. The molecule has 1 nitrogen and oxygen atoms in total. The molecule has 112 valence electrons. The summed E-state index contributed by atoms with van der Waals surface area (Å²) >= 11 is 3.76. The summed E-state index contributed by atoms with van der Waals surface area (Å²) in [6.07, 6.45) is 5.34. The van der Waals surface area contributed by atoms with Crippen molar-refractivity contribution in [3.8, 4) is 0 Å². The van der Waals surface area contributed by atoms with Crippen molar-refractivity contribution in [3.05, 3.63) is 34.3 Å². The molecule has 0 saturated heterocycles. The Bertz CT molecular complexity index is 441. The maximum atomic E-state index is 3.76. The third kappa shape index (κ3) is 3.65. The predicted octanol–water partition coefficient (Wildman–Crippen LogP) is 5.29. The van der Waals surface area contributed by atoms with Crippen molar-refractivity contribution in [2.45, 2.75) is 64.3 Å². The van der Waals surface area contributed by atoms with E-state index in [1.165, 1.54) is 35.7 Å². The van der Waals surface area contributed by atoms with Crippen molar-refractivity contribution < 1.29 is 0 Å². The van der Waals surface area contributed by atoms with Gasteiger partial charge in [-0.05, 0) is 51.2 Å². The van der Waals surface area contributed by atoms with Crippen molar-refractivity contribution in [1.29, 1.82) is 0 Å². The minimum atomic E-state index is 0.185. The van der Waals surface area contributed by atoms with Crippen LogP contribution in [0.2, 0.25) is 0 Å². The first kappa shape index (κ1) is 16.0. The normalized spacial score (nSPS) is 26.4. The third-order valence-electron chi connectivity index (χ3n) is 4.46. The molecule has 1 aromatic rings.